The third-order valence-electron chi connectivity index (χ3n) is 4.82. The fourth-order valence-corrected chi connectivity index (χ4v) is 3.26. The molecular formula is C24H23ClN4O3. The Hall–Kier alpha value is -3.58. The number of aromatic nitrogens is 2. The summed E-state index contributed by atoms with van der Waals surface area (Å²) in [5.74, 6) is -1.13. The standard InChI is InChI=1S/C24H23ClN4O3/c1-16-8-9-17(12-20(16)25)15-29(19-7-4-6-18(13-19)24(32)28(2)3)22(31)14-21(30)23-26-10-5-11-27-23/h4-13H,14-15H2,1-3H3. The van der Waals surface area contributed by atoms with E-state index in [1.165, 1.54) is 22.2 Å². The number of carbonyl (C=O) groups excluding carboxylic acids is 3. The van der Waals surface area contributed by atoms with Gasteiger partial charge in [0.2, 0.25) is 11.7 Å². The van der Waals surface area contributed by atoms with Crippen molar-refractivity contribution < 1.29 is 14.4 Å². The van der Waals surface area contributed by atoms with E-state index in [2.05, 4.69) is 9.97 Å². The molecule has 0 spiro atoms. The van der Waals surface area contributed by atoms with E-state index in [1.54, 1.807) is 50.5 Å². The first-order valence-electron chi connectivity index (χ1n) is 9.93. The lowest BCUT2D eigenvalue weighted by atomic mass is 10.1. The summed E-state index contributed by atoms with van der Waals surface area (Å²) >= 11 is 6.26. The second-order valence-electron chi connectivity index (χ2n) is 7.49. The Morgan fingerprint density at radius 3 is 2.34 bits per heavy atom. The summed E-state index contributed by atoms with van der Waals surface area (Å²) in [6.45, 7) is 2.07. The molecule has 32 heavy (non-hydrogen) atoms. The van der Waals surface area contributed by atoms with E-state index in [4.69, 9.17) is 11.6 Å². The second-order valence-corrected chi connectivity index (χ2v) is 7.89. The van der Waals surface area contributed by atoms with Crippen molar-refractivity contribution in [2.45, 2.75) is 19.9 Å². The summed E-state index contributed by atoms with van der Waals surface area (Å²) in [5.41, 5.74) is 2.65. The monoisotopic (exact) mass is 450 g/mol. The van der Waals surface area contributed by atoms with Crippen molar-refractivity contribution in [1.29, 1.82) is 0 Å². The van der Waals surface area contributed by atoms with Gasteiger partial charge in [0.15, 0.2) is 5.82 Å². The maximum atomic E-state index is 13.2. The van der Waals surface area contributed by atoms with Gasteiger partial charge in [-0.1, -0.05) is 29.8 Å². The Morgan fingerprint density at radius 1 is 0.969 bits per heavy atom. The van der Waals surface area contributed by atoms with Gasteiger partial charge in [-0.2, -0.15) is 0 Å². The van der Waals surface area contributed by atoms with Gasteiger partial charge in [-0.05, 0) is 48.4 Å². The molecule has 0 bridgehead atoms. The number of nitrogens with zero attached hydrogens (tertiary/aromatic N) is 4. The zero-order valence-corrected chi connectivity index (χ0v) is 18.8. The zero-order valence-electron chi connectivity index (χ0n) is 18.1. The van der Waals surface area contributed by atoms with Crippen LogP contribution in [0.1, 0.15) is 38.5 Å². The largest absolute Gasteiger partial charge is 0.345 e. The molecule has 0 atom stereocenters. The van der Waals surface area contributed by atoms with Crippen molar-refractivity contribution in [2.24, 2.45) is 0 Å². The van der Waals surface area contributed by atoms with Crippen molar-refractivity contribution in [1.82, 2.24) is 14.9 Å². The highest BCUT2D eigenvalue weighted by Gasteiger charge is 2.23. The molecule has 0 N–H and O–H groups in total. The summed E-state index contributed by atoms with van der Waals surface area (Å²) in [7, 11) is 3.31. The fraction of sp³-hybridized carbons (Fsp3) is 0.208. The molecule has 164 valence electrons. The summed E-state index contributed by atoms with van der Waals surface area (Å²) in [6.07, 6.45) is 2.50. The van der Waals surface area contributed by atoms with Gasteiger partial charge in [0, 0.05) is 42.8 Å². The maximum absolute atomic E-state index is 13.2. The summed E-state index contributed by atoms with van der Waals surface area (Å²) in [4.78, 5) is 49.0. The normalized spacial score (nSPS) is 10.5. The minimum Gasteiger partial charge on any atom is -0.345 e. The first-order chi connectivity index (χ1) is 15.3. The number of aryl methyl sites for hydroxylation is 1. The maximum Gasteiger partial charge on any atom is 0.253 e. The van der Waals surface area contributed by atoms with E-state index in [0.29, 0.717) is 16.3 Å². The molecule has 7 nitrogen and oxygen atoms in total. The van der Waals surface area contributed by atoms with Crippen LogP contribution < -0.4 is 4.90 Å². The van der Waals surface area contributed by atoms with Gasteiger partial charge in [0.05, 0.1) is 13.0 Å². The molecule has 8 heteroatoms. The van der Waals surface area contributed by atoms with Crippen molar-refractivity contribution in [2.75, 3.05) is 19.0 Å². The first kappa shape index (κ1) is 23.1. The van der Waals surface area contributed by atoms with Gasteiger partial charge in [0.25, 0.3) is 5.91 Å². The van der Waals surface area contributed by atoms with Crippen LogP contribution in [-0.4, -0.2) is 46.6 Å². The molecule has 3 aromatic rings. The number of ketones is 1. The minimum absolute atomic E-state index is 0.0179. The first-order valence-corrected chi connectivity index (χ1v) is 10.3. The molecule has 1 heterocycles. The molecular weight excluding hydrogens is 428 g/mol. The van der Waals surface area contributed by atoms with Crippen LogP contribution >= 0.6 is 11.6 Å². The van der Waals surface area contributed by atoms with Gasteiger partial charge in [-0.3, -0.25) is 14.4 Å². The average Bonchev–Trinajstić information content (AvgIpc) is 2.79. The quantitative estimate of drug-likeness (QED) is 0.402. The van der Waals surface area contributed by atoms with Crippen LogP contribution in [0.5, 0.6) is 0 Å². The molecule has 0 fully saturated rings. The van der Waals surface area contributed by atoms with Gasteiger partial charge in [0.1, 0.15) is 0 Å². The lowest BCUT2D eigenvalue weighted by Crippen LogP contribution is -2.32. The molecule has 1 aromatic heterocycles. The highest BCUT2D eigenvalue weighted by atomic mass is 35.5. The van der Waals surface area contributed by atoms with Crippen LogP contribution in [0.15, 0.2) is 60.9 Å². The SMILES string of the molecule is Cc1ccc(CN(C(=O)CC(=O)c2ncccn2)c2cccc(C(=O)N(C)C)c2)cc1Cl. The number of carbonyl (C=O) groups is 3. The van der Waals surface area contributed by atoms with Crippen LogP contribution in [0.25, 0.3) is 0 Å². The number of amides is 2. The highest BCUT2D eigenvalue weighted by molar-refractivity contribution is 6.31. The number of rotatable bonds is 7. The van der Waals surface area contributed by atoms with E-state index in [-0.39, 0.29) is 18.3 Å². The van der Waals surface area contributed by atoms with Crippen LogP contribution in [-0.2, 0) is 11.3 Å². The lowest BCUT2D eigenvalue weighted by molar-refractivity contribution is -0.117. The second kappa shape index (κ2) is 10.2. The van der Waals surface area contributed by atoms with Crippen molar-refractivity contribution >= 4 is 34.9 Å². The van der Waals surface area contributed by atoms with Crippen LogP contribution in [0.3, 0.4) is 0 Å². The predicted molar refractivity (Wildman–Crippen MR) is 123 cm³/mol. The fourth-order valence-electron chi connectivity index (χ4n) is 3.06. The number of benzene rings is 2. The number of Topliss-reactive ketones (excluding diaryl/α,β-unsaturated/α-hetero) is 1. The molecule has 0 saturated heterocycles. The van der Waals surface area contributed by atoms with Crippen molar-refractivity contribution in [3.63, 3.8) is 0 Å². The molecule has 3 rings (SSSR count). The van der Waals surface area contributed by atoms with E-state index in [0.717, 1.165) is 11.1 Å². The Morgan fingerprint density at radius 2 is 1.69 bits per heavy atom. The van der Waals surface area contributed by atoms with E-state index in [1.807, 2.05) is 19.1 Å². The third kappa shape index (κ3) is 5.56. The van der Waals surface area contributed by atoms with Gasteiger partial charge >= 0.3 is 0 Å². The predicted octanol–water partition coefficient (Wildman–Crippen LogP) is 3.95. The van der Waals surface area contributed by atoms with Crippen LogP contribution in [0, 0.1) is 6.92 Å². The summed E-state index contributed by atoms with van der Waals surface area (Å²) < 4.78 is 0. The number of hydrogen-bond acceptors (Lipinski definition) is 5. The molecule has 0 radical (unpaired) electrons. The zero-order chi connectivity index (χ0) is 23.3. The molecule has 2 aromatic carbocycles. The molecule has 0 aliphatic heterocycles. The van der Waals surface area contributed by atoms with E-state index in [9.17, 15) is 14.4 Å². The molecule has 2 amide bonds. The minimum atomic E-state index is -0.483. The number of anilines is 1. The molecule has 0 saturated carbocycles. The van der Waals surface area contributed by atoms with Crippen molar-refractivity contribution in [3.8, 4) is 0 Å². The topological polar surface area (TPSA) is 83.5 Å². The van der Waals surface area contributed by atoms with E-state index < -0.39 is 18.1 Å². The van der Waals surface area contributed by atoms with E-state index >= 15 is 0 Å². The molecule has 0 aliphatic rings. The highest BCUT2D eigenvalue weighted by Crippen LogP contribution is 2.24. The Labute approximate surface area is 191 Å². The molecule has 0 aliphatic carbocycles. The number of hydrogen-bond donors (Lipinski definition) is 0. The van der Waals surface area contributed by atoms with Crippen LogP contribution in [0.2, 0.25) is 5.02 Å². The van der Waals surface area contributed by atoms with Gasteiger partial charge < -0.3 is 9.80 Å². The van der Waals surface area contributed by atoms with Crippen LogP contribution in [0.4, 0.5) is 5.69 Å². The smallest absolute Gasteiger partial charge is 0.253 e. The Bertz CT molecular complexity index is 1150. The molecule has 0 unspecified atom stereocenters. The van der Waals surface area contributed by atoms with Crippen molar-refractivity contribution in [3.05, 3.63) is 88.5 Å². The Balaban J connectivity index is 1.94. The number of halogens is 1. The Kier molecular flexibility index (Phi) is 7.33. The average molecular weight is 451 g/mol. The van der Waals surface area contributed by atoms with Gasteiger partial charge in [-0.25, -0.2) is 9.97 Å². The summed E-state index contributed by atoms with van der Waals surface area (Å²) in [6, 6.07) is 13.9. The third-order valence-corrected chi connectivity index (χ3v) is 5.22. The summed E-state index contributed by atoms with van der Waals surface area (Å²) in [5, 5.41) is 0.584. The lowest BCUT2D eigenvalue weighted by Gasteiger charge is -2.24. The van der Waals surface area contributed by atoms with Gasteiger partial charge in [-0.15, -0.1) is 0 Å².